The van der Waals surface area contributed by atoms with Crippen LogP contribution in [0.15, 0.2) is 32.5 Å². The van der Waals surface area contributed by atoms with E-state index < -0.39 is 0 Å². The van der Waals surface area contributed by atoms with Crippen molar-refractivity contribution >= 4 is 17.7 Å². The molecule has 3 atom stereocenters. The number of carbonyl (C=O) groups excluding carboxylic acids is 1. The number of aromatic nitrogens is 2. The summed E-state index contributed by atoms with van der Waals surface area (Å²) in [6, 6.07) is 3.88. The molecule has 7 heteroatoms. The normalized spacial score (nSPS) is 26.5. The maximum absolute atomic E-state index is 12.0. The molecule has 1 N–H and O–H groups in total. The zero-order valence-electron chi connectivity index (χ0n) is 12.0. The van der Waals surface area contributed by atoms with Crippen molar-refractivity contribution < 1.29 is 13.6 Å². The van der Waals surface area contributed by atoms with E-state index in [0.29, 0.717) is 34.6 Å². The minimum atomic E-state index is 0.0419. The van der Waals surface area contributed by atoms with E-state index in [2.05, 4.69) is 15.5 Å². The Morgan fingerprint density at radius 1 is 1.36 bits per heavy atom. The molecular weight excluding hydrogens is 302 g/mol. The number of rotatable bonds is 5. The molecule has 0 saturated heterocycles. The van der Waals surface area contributed by atoms with Gasteiger partial charge in [0, 0.05) is 6.04 Å². The largest absolute Gasteiger partial charge is 0.459 e. The van der Waals surface area contributed by atoms with Crippen LogP contribution in [-0.2, 0) is 4.79 Å². The number of carbonyl (C=O) groups is 1. The second-order valence-electron chi connectivity index (χ2n) is 5.99. The van der Waals surface area contributed by atoms with Crippen molar-refractivity contribution in [1.29, 1.82) is 0 Å². The Kier molecular flexibility index (Phi) is 3.65. The van der Waals surface area contributed by atoms with Crippen molar-refractivity contribution in [3.8, 4) is 11.7 Å². The highest BCUT2D eigenvalue weighted by Gasteiger charge is 2.40. The fraction of sp³-hybridized carbons (Fsp3) is 0.533. The van der Waals surface area contributed by atoms with Crippen LogP contribution in [0.5, 0.6) is 0 Å². The summed E-state index contributed by atoms with van der Waals surface area (Å²) >= 11 is 1.26. The molecule has 2 aromatic heterocycles. The maximum atomic E-state index is 12.0. The lowest BCUT2D eigenvalue weighted by atomic mass is 9.95. The Bertz CT molecular complexity index is 655. The average molecular weight is 319 g/mol. The predicted octanol–water partition coefficient (Wildman–Crippen LogP) is 2.73. The maximum Gasteiger partial charge on any atom is 0.284 e. The third-order valence-electron chi connectivity index (χ3n) is 4.55. The molecule has 22 heavy (non-hydrogen) atoms. The molecule has 1 amide bonds. The summed E-state index contributed by atoms with van der Waals surface area (Å²) in [6.07, 6.45) is 6.58. The van der Waals surface area contributed by atoms with Gasteiger partial charge in [0.15, 0.2) is 5.76 Å². The summed E-state index contributed by atoms with van der Waals surface area (Å²) < 4.78 is 10.7. The Morgan fingerprint density at radius 3 is 3.05 bits per heavy atom. The number of hydrogen-bond donors (Lipinski definition) is 1. The first-order valence-corrected chi connectivity index (χ1v) is 8.56. The van der Waals surface area contributed by atoms with Crippen molar-refractivity contribution in [2.45, 2.75) is 36.9 Å². The molecule has 0 unspecified atom stereocenters. The lowest BCUT2D eigenvalue weighted by Gasteiger charge is -2.22. The average Bonchev–Trinajstić information content (AvgIpc) is 3.27. The lowest BCUT2D eigenvalue weighted by molar-refractivity contribution is -0.119. The second kappa shape index (κ2) is 5.79. The van der Waals surface area contributed by atoms with Gasteiger partial charge >= 0.3 is 0 Å². The van der Waals surface area contributed by atoms with Gasteiger partial charge in [-0.2, -0.15) is 0 Å². The molecule has 2 saturated carbocycles. The van der Waals surface area contributed by atoms with Crippen LogP contribution in [-0.4, -0.2) is 27.9 Å². The molecule has 2 fully saturated rings. The third kappa shape index (κ3) is 2.77. The predicted molar refractivity (Wildman–Crippen MR) is 80.1 cm³/mol. The number of nitrogens with zero attached hydrogens (tertiary/aromatic N) is 2. The summed E-state index contributed by atoms with van der Waals surface area (Å²) in [7, 11) is 0. The number of nitrogens with one attached hydrogen (secondary N) is 1. The minimum Gasteiger partial charge on any atom is -0.459 e. The Labute approximate surface area is 132 Å². The molecular formula is C15H17N3O3S. The summed E-state index contributed by atoms with van der Waals surface area (Å²) in [5.74, 6) is 2.72. The van der Waals surface area contributed by atoms with Crippen LogP contribution >= 0.6 is 11.8 Å². The van der Waals surface area contributed by atoms with Gasteiger partial charge in [-0.25, -0.2) is 0 Å². The third-order valence-corrected chi connectivity index (χ3v) is 5.37. The number of fused-ring (bicyclic) bond motifs is 2. The quantitative estimate of drug-likeness (QED) is 0.853. The van der Waals surface area contributed by atoms with E-state index in [4.69, 9.17) is 8.83 Å². The molecule has 116 valence electrons. The topological polar surface area (TPSA) is 81.2 Å². The van der Waals surface area contributed by atoms with Gasteiger partial charge in [-0.1, -0.05) is 18.2 Å². The van der Waals surface area contributed by atoms with Gasteiger partial charge in [0.05, 0.1) is 12.0 Å². The Balaban J connectivity index is 1.28. The second-order valence-corrected chi connectivity index (χ2v) is 6.91. The van der Waals surface area contributed by atoms with Crippen molar-refractivity contribution in [3.05, 3.63) is 18.4 Å². The smallest absolute Gasteiger partial charge is 0.284 e. The molecule has 0 radical (unpaired) electrons. The fourth-order valence-electron chi connectivity index (χ4n) is 3.57. The monoisotopic (exact) mass is 319 g/mol. The summed E-state index contributed by atoms with van der Waals surface area (Å²) in [5, 5.41) is 11.4. The van der Waals surface area contributed by atoms with Crippen LogP contribution in [0.4, 0.5) is 0 Å². The highest BCUT2D eigenvalue weighted by Crippen LogP contribution is 2.44. The molecule has 2 aliphatic rings. The Morgan fingerprint density at radius 2 is 2.32 bits per heavy atom. The Hall–Kier alpha value is -1.76. The molecule has 0 aromatic carbocycles. The first kappa shape index (κ1) is 13.9. The highest BCUT2D eigenvalue weighted by atomic mass is 32.2. The van der Waals surface area contributed by atoms with Gasteiger partial charge in [-0.15, -0.1) is 10.2 Å². The van der Waals surface area contributed by atoms with Gasteiger partial charge in [0.25, 0.3) is 11.1 Å². The zero-order valence-corrected chi connectivity index (χ0v) is 12.8. The number of thioether (sulfide) groups is 1. The van der Waals surface area contributed by atoms with Gasteiger partial charge in [-0.3, -0.25) is 4.79 Å². The van der Waals surface area contributed by atoms with E-state index in [-0.39, 0.29) is 5.91 Å². The SMILES string of the molecule is O=C(CSc1nnc(-c2ccco2)o1)N[C@H]1C[C@H]2CC[C@H]1C2. The van der Waals surface area contributed by atoms with E-state index in [9.17, 15) is 4.79 Å². The van der Waals surface area contributed by atoms with Gasteiger partial charge < -0.3 is 14.2 Å². The van der Waals surface area contributed by atoms with Crippen LogP contribution in [0.2, 0.25) is 0 Å². The minimum absolute atomic E-state index is 0.0419. The van der Waals surface area contributed by atoms with E-state index in [1.807, 2.05) is 0 Å². The molecule has 2 aliphatic carbocycles. The van der Waals surface area contributed by atoms with E-state index in [1.54, 1.807) is 18.4 Å². The van der Waals surface area contributed by atoms with Gasteiger partial charge in [0.2, 0.25) is 5.91 Å². The summed E-state index contributed by atoms with van der Waals surface area (Å²) in [4.78, 5) is 12.0. The standard InChI is InChI=1S/C15H17N3O3S/c19-13(16-11-7-9-3-4-10(11)6-9)8-22-15-18-17-14(21-15)12-2-1-5-20-12/h1-2,5,9-11H,3-4,6-8H2,(H,16,19)/t9-,10-,11-/m0/s1. The van der Waals surface area contributed by atoms with Crippen molar-refractivity contribution in [2.75, 3.05) is 5.75 Å². The fourth-order valence-corrected chi connectivity index (χ4v) is 4.14. The van der Waals surface area contributed by atoms with Crippen LogP contribution in [0.1, 0.15) is 25.7 Å². The van der Waals surface area contributed by atoms with Crippen LogP contribution in [0.25, 0.3) is 11.7 Å². The van der Waals surface area contributed by atoms with Crippen LogP contribution in [0, 0.1) is 11.8 Å². The first-order chi connectivity index (χ1) is 10.8. The molecule has 2 aromatic rings. The van der Waals surface area contributed by atoms with E-state index >= 15 is 0 Å². The van der Waals surface area contributed by atoms with Crippen LogP contribution < -0.4 is 5.32 Å². The number of amides is 1. The van der Waals surface area contributed by atoms with Crippen molar-refractivity contribution in [2.24, 2.45) is 11.8 Å². The molecule has 2 bridgehead atoms. The molecule has 0 aliphatic heterocycles. The first-order valence-electron chi connectivity index (χ1n) is 7.57. The van der Waals surface area contributed by atoms with Gasteiger partial charge in [-0.05, 0) is 43.2 Å². The molecule has 4 rings (SSSR count). The van der Waals surface area contributed by atoms with Gasteiger partial charge in [0.1, 0.15) is 0 Å². The highest BCUT2D eigenvalue weighted by molar-refractivity contribution is 7.99. The summed E-state index contributed by atoms with van der Waals surface area (Å²) in [6.45, 7) is 0. The molecule has 0 spiro atoms. The summed E-state index contributed by atoms with van der Waals surface area (Å²) in [5.41, 5.74) is 0. The lowest BCUT2D eigenvalue weighted by Crippen LogP contribution is -2.39. The van der Waals surface area contributed by atoms with Crippen LogP contribution in [0.3, 0.4) is 0 Å². The van der Waals surface area contributed by atoms with E-state index in [0.717, 1.165) is 12.3 Å². The molecule has 2 heterocycles. The number of hydrogen-bond acceptors (Lipinski definition) is 6. The van der Waals surface area contributed by atoms with Crippen molar-refractivity contribution in [3.63, 3.8) is 0 Å². The van der Waals surface area contributed by atoms with Crippen molar-refractivity contribution in [1.82, 2.24) is 15.5 Å². The molecule has 6 nitrogen and oxygen atoms in total. The number of furan rings is 1. The zero-order chi connectivity index (χ0) is 14.9. The van der Waals surface area contributed by atoms with E-state index in [1.165, 1.54) is 31.0 Å².